The molecule has 0 bridgehead atoms. The van der Waals surface area contributed by atoms with Crippen LogP contribution < -0.4 is 5.32 Å². The molecule has 84 valence electrons. The molecule has 0 aromatic rings. The van der Waals surface area contributed by atoms with Crippen LogP contribution in [-0.2, 0) is 9.53 Å². The third-order valence-electron chi connectivity index (χ3n) is 2.62. The summed E-state index contributed by atoms with van der Waals surface area (Å²) < 4.78 is 5.34. The van der Waals surface area contributed by atoms with E-state index in [1.54, 1.807) is 0 Å². The van der Waals surface area contributed by atoms with Gasteiger partial charge in [0.2, 0.25) is 5.91 Å². The zero-order valence-corrected chi connectivity index (χ0v) is 9.29. The van der Waals surface area contributed by atoms with Crippen LogP contribution in [0.15, 0.2) is 0 Å². The fraction of sp³-hybridized carbons (Fsp3) is 0.750. The minimum absolute atomic E-state index is 0.0487. The smallest absolute Gasteiger partial charge is 0.225 e. The molecule has 2 atom stereocenters. The normalized spacial score (nSPS) is 24.8. The summed E-state index contributed by atoms with van der Waals surface area (Å²) in [6.07, 6.45) is 8.93. The SMILES string of the molecule is C#CCCCCNC(=O)C1COC(C)C1. The zero-order chi connectivity index (χ0) is 11.1. The number of nitrogens with one attached hydrogen (secondary N) is 1. The van der Waals surface area contributed by atoms with Crippen molar-refractivity contribution in [3.05, 3.63) is 0 Å². The van der Waals surface area contributed by atoms with E-state index in [4.69, 9.17) is 11.2 Å². The van der Waals surface area contributed by atoms with Gasteiger partial charge in [-0.1, -0.05) is 0 Å². The summed E-state index contributed by atoms with van der Waals surface area (Å²) in [5.41, 5.74) is 0. The summed E-state index contributed by atoms with van der Waals surface area (Å²) in [6.45, 7) is 3.29. The van der Waals surface area contributed by atoms with E-state index >= 15 is 0 Å². The number of carbonyl (C=O) groups is 1. The van der Waals surface area contributed by atoms with E-state index in [0.29, 0.717) is 6.61 Å². The highest BCUT2D eigenvalue weighted by Gasteiger charge is 2.27. The summed E-state index contributed by atoms with van der Waals surface area (Å²) in [4.78, 5) is 11.6. The summed E-state index contributed by atoms with van der Waals surface area (Å²) in [5.74, 6) is 2.76. The van der Waals surface area contributed by atoms with Crippen molar-refractivity contribution in [2.75, 3.05) is 13.2 Å². The molecular weight excluding hydrogens is 190 g/mol. The van der Waals surface area contributed by atoms with E-state index in [1.165, 1.54) is 0 Å². The second kappa shape index (κ2) is 6.47. The predicted molar refractivity (Wildman–Crippen MR) is 59.2 cm³/mol. The fourth-order valence-electron chi connectivity index (χ4n) is 1.71. The average molecular weight is 209 g/mol. The molecule has 1 rings (SSSR count). The van der Waals surface area contributed by atoms with E-state index in [0.717, 1.165) is 32.2 Å². The molecule has 0 aliphatic carbocycles. The van der Waals surface area contributed by atoms with Gasteiger partial charge in [-0.15, -0.1) is 12.3 Å². The molecule has 15 heavy (non-hydrogen) atoms. The maximum absolute atomic E-state index is 11.6. The lowest BCUT2D eigenvalue weighted by atomic mass is 10.1. The van der Waals surface area contributed by atoms with Gasteiger partial charge in [0.25, 0.3) is 0 Å². The van der Waals surface area contributed by atoms with Crippen LogP contribution in [0, 0.1) is 18.3 Å². The lowest BCUT2D eigenvalue weighted by Gasteiger charge is -2.08. The molecule has 1 saturated heterocycles. The predicted octanol–water partition coefficient (Wildman–Crippen LogP) is 1.33. The monoisotopic (exact) mass is 209 g/mol. The molecule has 0 spiro atoms. The number of hydrogen-bond acceptors (Lipinski definition) is 2. The first kappa shape index (κ1) is 12.1. The van der Waals surface area contributed by atoms with Crippen LogP contribution >= 0.6 is 0 Å². The maximum Gasteiger partial charge on any atom is 0.225 e. The van der Waals surface area contributed by atoms with Gasteiger partial charge in [-0.2, -0.15) is 0 Å². The largest absolute Gasteiger partial charge is 0.378 e. The van der Waals surface area contributed by atoms with E-state index in [9.17, 15) is 4.79 Å². The molecule has 1 fully saturated rings. The van der Waals surface area contributed by atoms with Gasteiger partial charge in [-0.3, -0.25) is 4.79 Å². The Labute approximate surface area is 91.6 Å². The Morgan fingerprint density at radius 3 is 3.00 bits per heavy atom. The molecule has 1 aliphatic heterocycles. The number of unbranched alkanes of at least 4 members (excludes halogenated alkanes) is 2. The first-order valence-electron chi connectivity index (χ1n) is 5.57. The van der Waals surface area contributed by atoms with E-state index < -0.39 is 0 Å². The number of terminal acetylenes is 1. The lowest BCUT2D eigenvalue weighted by molar-refractivity contribution is -0.124. The highest BCUT2D eigenvalue weighted by molar-refractivity contribution is 5.79. The topological polar surface area (TPSA) is 38.3 Å². The van der Waals surface area contributed by atoms with Gasteiger partial charge >= 0.3 is 0 Å². The van der Waals surface area contributed by atoms with Gasteiger partial charge in [0.05, 0.1) is 18.6 Å². The van der Waals surface area contributed by atoms with Crippen LogP contribution in [-0.4, -0.2) is 25.2 Å². The van der Waals surface area contributed by atoms with Crippen molar-refractivity contribution in [3.8, 4) is 12.3 Å². The van der Waals surface area contributed by atoms with Crippen LogP contribution in [0.5, 0.6) is 0 Å². The third-order valence-corrected chi connectivity index (χ3v) is 2.62. The van der Waals surface area contributed by atoms with Gasteiger partial charge in [0, 0.05) is 13.0 Å². The first-order valence-corrected chi connectivity index (χ1v) is 5.57. The van der Waals surface area contributed by atoms with Crippen molar-refractivity contribution in [3.63, 3.8) is 0 Å². The molecule has 3 nitrogen and oxygen atoms in total. The second-order valence-corrected chi connectivity index (χ2v) is 4.03. The van der Waals surface area contributed by atoms with Crippen LogP contribution in [0.4, 0.5) is 0 Å². The summed E-state index contributed by atoms with van der Waals surface area (Å²) >= 11 is 0. The molecule has 1 N–H and O–H groups in total. The number of rotatable bonds is 5. The maximum atomic E-state index is 11.6. The van der Waals surface area contributed by atoms with Gasteiger partial charge in [0.1, 0.15) is 0 Å². The summed E-state index contributed by atoms with van der Waals surface area (Å²) in [7, 11) is 0. The van der Waals surface area contributed by atoms with Crippen molar-refractivity contribution in [1.82, 2.24) is 5.32 Å². The molecule has 0 radical (unpaired) electrons. The van der Waals surface area contributed by atoms with Crippen molar-refractivity contribution in [2.24, 2.45) is 5.92 Å². The Kier molecular flexibility index (Phi) is 5.20. The van der Waals surface area contributed by atoms with Gasteiger partial charge in [0.15, 0.2) is 0 Å². The molecular formula is C12H19NO2. The highest BCUT2D eigenvalue weighted by Crippen LogP contribution is 2.18. The Bertz CT molecular complexity index is 244. The van der Waals surface area contributed by atoms with E-state index in [1.807, 2.05) is 6.92 Å². The Hall–Kier alpha value is -1.01. The van der Waals surface area contributed by atoms with E-state index in [2.05, 4.69) is 11.2 Å². The third kappa shape index (κ3) is 4.35. The molecule has 3 heteroatoms. The Balaban J connectivity index is 2.06. The van der Waals surface area contributed by atoms with Crippen LogP contribution in [0.2, 0.25) is 0 Å². The molecule has 1 heterocycles. The zero-order valence-electron chi connectivity index (χ0n) is 9.29. The molecule has 0 aromatic carbocycles. The minimum atomic E-state index is 0.0487. The van der Waals surface area contributed by atoms with Crippen molar-refractivity contribution in [1.29, 1.82) is 0 Å². The lowest BCUT2D eigenvalue weighted by Crippen LogP contribution is -2.31. The Morgan fingerprint density at radius 1 is 1.60 bits per heavy atom. The molecule has 1 aliphatic rings. The minimum Gasteiger partial charge on any atom is -0.378 e. The number of hydrogen-bond donors (Lipinski definition) is 1. The van der Waals surface area contributed by atoms with Gasteiger partial charge < -0.3 is 10.1 Å². The second-order valence-electron chi connectivity index (χ2n) is 4.03. The number of amides is 1. The van der Waals surface area contributed by atoms with Crippen molar-refractivity contribution >= 4 is 5.91 Å². The van der Waals surface area contributed by atoms with Gasteiger partial charge in [-0.05, 0) is 26.2 Å². The first-order chi connectivity index (χ1) is 7.24. The van der Waals surface area contributed by atoms with Gasteiger partial charge in [-0.25, -0.2) is 0 Å². The van der Waals surface area contributed by atoms with Crippen molar-refractivity contribution in [2.45, 2.75) is 38.7 Å². The molecule has 0 aromatic heterocycles. The standard InChI is InChI=1S/C12H19NO2/c1-3-4-5-6-7-13-12(14)11-8-10(2)15-9-11/h1,10-11H,4-9H2,2H3,(H,13,14). The molecule has 0 saturated carbocycles. The highest BCUT2D eigenvalue weighted by atomic mass is 16.5. The fourth-order valence-corrected chi connectivity index (χ4v) is 1.71. The summed E-state index contributed by atoms with van der Waals surface area (Å²) in [5, 5.41) is 2.92. The Morgan fingerprint density at radius 2 is 2.40 bits per heavy atom. The number of carbonyl (C=O) groups excluding carboxylic acids is 1. The average Bonchev–Trinajstić information content (AvgIpc) is 2.64. The molecule has 2 unspecified atom stereocenters. The van der Waals surface area contributed by atoms with Crippen LogP contribution in [0.3, 0.4) is 0 Å². The number of ether oxygens (including phenoxy) is 1. The van der Waals surface area contributed by atoms with Crippen molar-refractivity contribution < 1.29 is 9.53 Å². The summed E-state index contributed by atoms with van der Waals surface area (Å²) in [6, 6.07) is 0. The van der Waals surface area contributed by atoms with Crippen LogP contribution in [0.1, 0.15) is 32.6 Å². The molecule has 1 amide bonds. The van der Waals surface area contributed by atoms with E-state index in [-0.39, 0.29) is 17.9 Å². The van der Waals surface area contributed by atoms with Crippen LogP contribution in [0.25, 0.3) is 0 Å². The quantitative estimate of drug-likeness (QED) is 0.548.